The molecule has 0 saturated carbocycles. The van der Waals surface area contributed by atoms with Crippen LogP contribution in [0.2, 0.25) is 0 Å². The molecule has 0 saturated heterocycles. The molecule has 0 radical (unpaired) electrons. The summed E-state index contributed by atoms with van der Waals surface area (Å²) in [5.41, 5.74) is 0.491. The van der Waals surface area contributed by atoms with Crippen LogP contribution in [-0.2, 0) is 17.1 Å². The first kappa shape index (κ1) is 9.86. The molecule has 4 nitrogen and oxygen atoms in total. The molecule has 0 amide bonds. The topological polar surface area (TPSA) is 70.4 Å². The van der Waals surface area contributed by atoms with Gasteiger partial charge in [0.25, 0.3) is 0 Å². The van der Waals surface area contributed by atoms with Crippen molar-refractivity contribution in [2.24, 2.45) is 0 Å². The molecule has 0 bridgehead atoms. The minimum atomic E-state index is -3.94. The Labute approximate surface area is 74.4 Å². The molecule has 1 heterocycles. The molecule has 0 aromatic carbocycles. The SMILES string of the molecule is CCc1nc(CP(=O)(O)O)cs1. The third-order valence-electron chi connectivity index (χ3n) is 1.27. The van der Waals surface area contributed by atoms with Crippen LogP contribution < -0.4 is 0 Å². The zero-order valence-electron chi connectivity index (χ0n) is 6.60. The van der Waals surface area contributed by atoms with Gasteiger partial charge >= 0.3 is 7.60 Å². The largest absolute Gasteiger partial charge is 0.331 e. The van der Waals surface area contributed by atoms with Gasteiger partial charge < -0.3 is 9.79 Å². The number of aromatic nitrogens is 1. The van der Waals surface area contributed by atoms with Crippen LogP contribution in [-0.4, -0.2) is 14.8 Å². The molecule has 1 aromatic heterocycles. The third kappa shape index (κ3) is 3.03. The van der Waals surface area contributed by atoms with E-state index in [0.29, 0.717) is 5.69 Å². The van der Waals surface area contributed by atoms with E-state index >= 15 is 0 Å². The zero-order chi connectivity index (χ0) is 9.19. The van der Waals surface area contributed by atoms with Gasteiger partial charge in [0.1, 0.15) is 0 Å². The summed E-state index contributed by atoms with van der Waals surface area (Å²) in [6.45, 7) is 1.96. The molecule has 12 heavy (non-hydrogen) atoms. The smallest absolute Gasteiger partial charge is 0.324 e. The fourth-order valence-corrected chi connectivity index (χ4v) is 2.25. The molecule has 0 atom stereocenters. The summed E-state index contributed by atoms with van der Waals surface area (Å²) in [6, 6.07) is 0. The van der Waals surface area contributed by atoms with Crippen molar-refractivity contribution < 1.29 is 14.4 Å². The van der Waals surface area contributed by atoms with Gasteiger partial charge in [-0.2, -0.15) is 0 Å². The lowest BCUT2D eigenvalue weighted by Gasteiger charge is -1.98. The fraction of sp³-hybridized carbons (Fsp3) is 0.500. The minimum Gasteiger partial charge on any atom is -0.324 e. The number of rotatable bonds is 3. The molecule has 0 fully saturated rings. The van der Waals surface area contributed by atoms with Crippen molar-refractivity contribution in [3.8, 4) is 0 Å². The number of hydrogen-bond acceptors (Lipinski definition) is 3. The van der Waals surface area contributed by atoms with Gasteiger partial charge in [0, 0.05) is 5.38 Å². The fourth-order valence-electron chi connectivity index (χ4n) is 0.795. The summed E-state index contributed by atoms with van der Waals surface area (Å²) in [5, 5.41) is 2.61. The van der Waals surface area contributed by atoms with Crippen LogP contribution in [0.25, 0.3) is 0 Å². The highest BCUT2D eigenvalue weighted by atomic mass is 32.1. The maximum absolute atomic E-state index is 10.6. The van der Waals surface area contributed by atoms with E-state index in [4.69, 9.17) is 9.79 Å². The number of aryl methyl sites for hydroxylation is 1. The van der Waals surface area contributed by atoms with Gasteiger partial charge in [-0.05, 0) is 6.42 Å². The van der Waals surface area contributed by atoms with E-state index in [1.54, 1.807) is 5.38 Å². The Morgan fingerprint density at radius 1 is 1.67 bits per heavy atom. The van der Waals surface area contributed by atoms with Gasteiger partial charge in [-0.25, -0.2) is 4.98 Å². The summed E-state index contributed by atoms with van der Waals surface area (Å²) < 4.78 is 10.6. The maximum Gasteiger partial charge on any atom is 0.331 e. The lowest BCUT2D eigenvalue weighted by molar-refractivity contribution is 0.371. The van der Waals surface area contributed by atoms with Crippen LogP contribution in [0.4, 0.5) is 0 Å². The number of thiazole rings is 1. The highest BCUT2D eigenvalue weighted by Gasteiger charge is 2.15. The molecular formula is C6H10NO3PS. The second kappa shape index (κ2) is 3.66. The molecule has 2 N–H and O–H groups in total. The Morgan fingerprint density at radius 3 is 2.75 bits per heavy atom. The molecule has 0 aliphatic carbocycles. The summed E-state index contributed by atoms with van der Waals surface area (Å²) >= 11 is 1.44. The van der Waals surface area contributed by atoms with Crippen molar-refractivity contribution >= 4 is 18.9 Å². The molecule has 0 aliphatic heterocycles. The Hall–Kier alpha value is -0.220. The quantitative estimate of drug-likeness (QED) is 0.734. The first-order valence-corrected chi connectivity index (χ1v) is 6.17. The van der Waals surface area contributed by atoms with E-state index in [1.165, 1.54) is 11.3 Å². The normalized spacial score (nSPS) is 11.9. The lowest BCUT2D eigenvalue weighted by Crippen LogP contribution is -1.87. The van der Waals surface area contributed by atoms with Crippen LogP contribution in [0.15, 0.2) is 5.38 Å². The first-order valence-electron chi connectivity index (χ1n) is 3.49. The monoisotopic (exact) mass is 207 g/mol. The average Bonchev–Trinajstić information content (AvgIpc) is 2.32. The highest BCUT2D eigenvalue weighted by molar-refractivity contribution is 7.50. The first-order chi connectivity index (χ1) is 5.51. The predicted octanol–water partition coefficient (Wildman–Crippen LogP) is 1.38. The zero-order valence-corrected chi connectivity index (χ0v) is 8.31. The van der Waals surface area contributed by atoms with E-state index in [0.717, 1.165) is 11.4 Å². The third-order valence-corrected chi connectivity index (χ3v) is 3.05. The van der Waals surface area contributed by atoms with Gasteiger partial charge in [0.15, 0.2) is 0 Å². The Balaban J connectivity index is 2.71. The number of hydrogen-bond donors (Lipinski definition) is 2. The lowest BCUT2D eigenvalue weighted by atomic mass is 10.5. The Kier molecular flexibility index (Phi) is 3.01. The van der Waals surface area contributed by atoms with Crippen LogP contribution in [0.3, 0.4) is 0 Å². The van der Waals surface area contributed by atoms with Gasteiger partial charge in [-0.1, -0.05) is 6.92 Å². The van der Waals surface area contributed by atoms with Crippen molar-refractivity contribution in [3.63, 3.8) is 0 Å². The molecule has 0 spiro atoms. The molecule has 68 valence electrons. The summed E-state index contributed by atoms with van der Waals surface area (Å²) in [6.07, 6.45) is 0.565. The second-order valence-corrected chi connectivity index (χ2v) is 5.00. The molecule has 0 aliphatic rings. The number of nitrogens with zero attached hydrogens (tertiary/aromatic N) is 1. The molecule has 6 heteroatoms. The summed E-state index contributed by atoms with van der Waals surface area (Å²) in [7, 11) is -3.94. The molecule has 1 rings (SSSR count). The van der Waals surface area contributed by atoms with Gasteiger partial charge in [0.05, 0.1) is 16.9 Å². The van der Waals surface area contributed by atoms with Crippen molar-refractivity contribution in [2.75, 3.05) is 0 Å². The maximum atomic E-state index is 10.6. The van der Waals surface area contributed by atoms with Crippen molar-refractivity contribution in [1.82, 2.24) is 4.98 Å². The van der Waals surface area contributed by atoms with Crippen LogP contribution in [0.1, 0.15) is 17.6 Å². The van der Waals surface area contributed by atoms with E-state index in [1.807, 2.05) is 6.92 Å². The van der Waals surface area contributed by atoms with E-state index < -0.39 is 7.60 Å². The van der Waals surface area contributed by atoms with E-state index in [9.17, 15) is 4.57 Å². The average molecular weight is 207 g/mol. The van der Waals surface area contributed by atoms with E-state index in [-0.39, 0.29) is 6.16 Å². The van der Waals surface area contributed by atoms with Crippen LogP contribution in [0, 0.1) is 0 Å². The summed E-state index contributed by atoms with van der Waals surface area (Å²) in [5.74, 6) is 0. The Bertz CT molecular complexity index is 305. The molecular weight excluding hydrogens is 197 g/mol. The predicted molar refractivity (Wildman–Crippen MR) is 47.2 cm³/mol. The van der Waals surface area contributed by atoms with Crippen molar-refractivity contribution in [2.45, 2.75) is 19.5 Å². The van der Waals surface area contributed by atoms with Gasteiger partial charge in [0.2, 0.25) is 0 Å². The van der Waals surface area contributed by atoms with Crippen LogP contribution >= 0.6 is 18.9 Å². The molecule has 0 unspecified atom stereocenters. The van der Waals surface area contributed by atoms with Crippen LogP contribution in [0.5, 0.6) is 0 Å². The van der Waals surface area contributed by atoms with Crippen molar-refractivity contribution in [1.29, 1.82) is 0 Å². The second-order valence-electron chi connectivity index (χ2n) is 2.41. The Morgan fingerprint density at radius 2 is 2.33 bits per heavy atom. The van der Waals surface area contributed by atoms with Crippen molar-refractivity contribution in [3.05, 3.63) is 16.1 Å². The van der Waals surface area contributed by atoms with Gasteiger partial charge in [-0.3, -0.25) is 4.57 Å². The minimum absolute atomic E-state index is 0.247. The summed E-state index contributed by atoms with van der Waals surface area (Å²) in [4.78, 5) is 21.3. The highest BCUT2D eigenvalue weighted by Crippen LogP contribution is 2.39. The van der Waals surface area contributed by atoms with E-state index in [2.05, 4.69) is 4.98 Å². The standard InChI is InChI=1S/C6H10NO3PS/c1-2-6-7-5(4-12-6)3-11(8,9)10/h4H,2-3H2,1H3,(H2,8,9,10). The van der Waals surface area contributed by atoms with Gasteiger partial charge in [-0.15, -0.1) is 11.3 Å². The molecule has 1 aromatic rings.